The van der Waals surface area contributed by atoms with E-state index in [1.165, 1.54) is 0 Å². The van der Waals surface area contributed by atoms with Crippen LogP contribution < -0.4 is 5.32 Å². The third-order valence-electron chi connectivity index (χ3n) is 6.34. The van der Waals surface area contributed by atoms with E-state index in [1.807, 2.05) is 56.3 Å². The molecule has 1 unspecified atom stereocenters. The average molecular weight is 496 g/mol. The first-order chi connectivity index (χ1) is 17.7. The zero-order chi connectivity index (χ0) is 26.6. The van der Waals surface area contributed by atoms with Gasteiger partial charge in [0, 0.05) is 17.5 Å². The summed E-state index contributed by atoms with van der Waals surface area (Å²) in [5.74, 6) is -0.963. The van der Waals surface area contributed by atoms with Gasteiger partial charge in [0.2, 0.25) is 5.91 Å². The van der Waals surface area contributed by atoms with E-state index < -0.39 is 11.4 Å². The number of amides is 1. The molecule has 4 rings (SSSR count). The molecule has 0 saturated heterocycles. The van der Waals surface area contributed by atoms with Crippen LogP contribution in [-0.2, 0) is 4.79 Å². The fraction of sp³-hybridized carbons (Fsp3) is 0.207. The van der Waals surface area contributed by atoms with E-state index in [0.717, 1.165) is 27.7 Å². The Balaban J connectivity index is 1.75. The highest BCUT2D eigenvalue weighted by Crippen LogP contribution is 2.42. The molecule has 0 spiro atoms. The van der Waals surface area contributed by atoms with Crippen LogP contribution in [0.15, 0.2) is 89.2 Å². The van der Waals surface area contributed by atoms with Gasteiger partial charge in [0.05, 0.1) is 28.4 Å². The van der Waals surface area contributed by atoms with Crippen LogP contribution in [-0.4, -0.2) is 38.8 Å². The lowest BCUT2D eigenvalue weighted by Crippen LogP contribution is -2.43. The molecule has 1 atom stereocenters. The number of benzene rings is 3. The molecule has 0 aliphatic rings. The van der Waals surface area contributed by atoms with Gasteiger partial charge in [0.15, 0.2) is 0 Å². The number of nitrogens with zero attached hydrogens (tertiary/aromatic N) is 4. The minimum Gasteiger partial charge on any atom is -0.478 e. The number of aromatic carboxylic acids is 1. The first-order valence-corrected chi connectivity index (χ1v) is 11.9. The van der Waals surface area contributed by atoms with Crippen molar-refractivity contribution in [3.05, 3.63) is 95.7 Å². The molecule has 4 aromatic rings. The van der Waals surface area contributed by atoms with Crippen molar-refractivity contribution in [1.82, 2.24) is 15.1 Å². The maximum absolute atomic E-state index is 13.5. The topological polar surface area (TPSA) is 109 Å². The third-order valence-corrected chi connectivity index (χ3v) is 6.34. The fourth-order valence-electron chi connectivity index (χ4n) is 4.48. The Kier molecular flexibility index (Phi) is 7.29. The van der Waals surface area contributed by atoms with Gasteiger partial charge >= 0.3 is 5.97 Å². The molecule has 0 fully saturated rings. The van der Waals surface area contributed by atoms with Crippen molar-refractivity contribution in [3.8, 4) is 5.69 Å². The van der Waals surface area contributed by atoms with Crippen molar-refractivity contribution in [3.63, 3.8) is 0 Å². The van der Waals surface area contributed by atoms with Gasteiger partial charge in [-0.2, -0.15) is 10.2 Å². The van der Waals surface area contributed by atoms with Crippen LogP contribution in [0.5, 0.6) is 0 Å². The van der Waals surface area contributed by atoms with Crippen LogP contribution in [0.1, 0.15) is 55.1 Å². The molecule has 8 nitrogen and oxygen atoms in total. The average Bonchev–Trinajstić information content (AvgIpc) is 3.31. The normalized spacial score (nSPS) is 13.1. The van der Waals surface area contributed by atoms with E-state index in [0.29, 0.717) is 5.84 Å². The summed E-state index contributed by atoms with van der Waals surface area (Å²) in [6.07, 6.45) is 3.34. The second-order valence-electron chi connectivity index (χ2n) is 9.31. The number of rotatable bonds is 7. The van der Waals surface area contributed by atoms with Crippen LogP contribution in [0.3, 0.4) is 0 Å². The van der Waals surface area contributed by atoms with Gasteiger partial charge in [-0.25, -0.2) is 9.48 Å². The molecule has 0 bridgehead atoms. The summed E-state index contributed by atoms with van der Waals surface area (Å²) in [5.41, 5.74) is 3.01. The highest BCUT2D eigenvalue weighted by Gasteiger charge is 2.39. The molecule has 0 aliphatic heterocycles. The minimum absolute atomic E-state index is 0.164. The highest BCUT2D eigenvalue weighted by atomic mass is 16.4. The molecule has 0 radical (unpaired) electrons. The molecule has 2 N–H and O–H groups in total. The van der Waals surface area contributed by atoms with Gasteiger partial charge in [-0.3, -0.25) is 4.79 Å². The highest BCUT2D eigenvalue weighted by molar-refractivity contribution is 6.00. The van der Waals surface area contributed by atoms with Gasteiger partial charge in [-0.1, -0.05) is 50.2 Å². The number of carbonyl (C=O) groups is 2. The SMILES string of the molecule is C/C=N\N=C(/C)NC(=O)C(C)(C)C(c1ccccc1)c1ccc2c(cnn2-c2ccc(C(=O)O)cc2)c1. The van der Waals surface area contributed by atoms with Crippen LogP contribution in [0.2, 0.25) is 0 Å². The molecule has 0 aliphatic carbocycles. The van der Waals surface area contributed by atoms with Crippen molar-refractivity contribution < 1.29 is 14.7 Å². The number of fused-ring (bicyclic) bond motifs is 1. The lowest BCUT2D eigenvalue weighted by Gasteiger charge is -2.34. The Labute approximate surface area is 215 Å². The number of hydrogen-bond acceptors (Lipinski definition) is 5. The lowest BCUT2D eigenvalue weighted by molar-refractivity contribution is -0.128. The molecule has 188 valence electrons. The number of carbonyl (C=O) groups excluding carboxylic acids is 1. The number of carboxylic acids is 1. The van der Waals surface area contributed by atoms with Crippen molar-refractivity contribution in [2.45, 2.75) is 33.6 Å². The van der Waals surface area contributed by atoms with Gasteiger partial charge in [-0.05, 0) is 61.4 Å². The third kappa shape index (κ3) is 5.33. The molecule has 1 aromatic heterocycles. The van der Waals surface area contributed by atoms with Crippen LogP contribution in [0.25, 0.3) is 16.6 Å². The number of carboxylic acid groups (broad SMARTS) is 1. The quantitative estimate of drug-likeness (QED) is 0.203. The smallest absolute Gasteiger partial charge is 0.335 e. The number of nitrogens with one attached hydrogen (secondary N) is 1. The van der Waals surface area contributed by atoms with E-state index in [2.05, 4.69) is 26.7 Å². The Morgan fingerprint density at radius 3 is 2.38 bits per heavy atom. The van der Waals surface area contributed by atoms with Crippen molar-refractivity contribution in [2.75, 3.05) is 0 Å². The summed E-state index contributed by atoms with van der Waals surface area (Å²) >= 11 is 0. The van der Waals surface area contributed by atoms with Crippen molar-refractivity contribution >= 4 is 34.8 Å². The Bertz CT molecular complexity index is 1490. The molecule has 1 amide bonds. The molecule has 0 saturated carbocycles. The van der Waals surface area contributed by atoms with Crippen LogP contribution in [0.4, 0.5) is 0 Å². The van der Waals surface area contributed by atoms with Gasteiger partial charge < -0.3 is 10.4 Å². The second-order valence-corrected chi connectivity index (χ2v) is 9.31. The zero-order valence-electron chi connectivity index (χ0n) is 21.2. The van der Waals surface area contributed by atoms with E-state index >= 15 is 0 Å². The molecule has 8 heteroatoms. The molecule has 3 aromatic carbocycles. The minimum atomic E-state index is -0.973. The summed E-state index contributed by atoms with van der Waals surface area (Å²) in [5, 5.41) is 25.4. The Hall–Kier alpha value is -4.59. The molecular formula is C29H29N5O3. The van der Waals surface area contributed by atoms with Gasteiger partial charge in [0.1, 0.15) is 5.84 Å². The van der Waals surface area contributed by atoms with E-state index in [4.69, 9.17) is 0 Å². The van der Waals surface area contributed by atoms with Crippen molar-refractivity contribution in [2.24, 2.45) is 15.6 Å². The first-order valence-electron chi connectivity index (χ1n) is 11.9. The predicted molar refractivity (Wildman–Crippen MR) is 146 cm³/mol. The second kappa shape index (κ2) is 10.6. The van der Waals surface area contributed by atoms with Crippen LogP contribution in [0, 0.1) is 5.41 Å². The maximum Gasteiger partial charge on any atom is 0.335 e. The number of hydrogen-bond donors (Lipinski definition) is 2. The maximum atomic E-state index is 13.5. The zero-order valence-corrected chi connectivity index (χ0v) is 21.2. The number of aromatic nitrogens is 2. The molecule has 1 heterocycles. The van der Waals surface area contributed by atoms with Crippen LogP contribution >= 0.6 is 0 Å². The Morgan fingerprint density at radius 1 is 1.03 bits per heavy atom. The predicted octanol–water partition coefficient (Wildman–Crippen LogP) is 5.42. The van der Waals surface area contributed by atoms with Gasteiger partial charge in [0.25, 0.3) is 0 Å². The molecular weight excluding hydrogens is 466 g/mol. The molecule has 37 heavy (non-hydrogen) atoms. The van der Waals surface area contributed by atoms with E-state index in [1.54, 1.807) is 55.2 Å². The lowest BCUT2D eigenvalue weighted by atomic mass is 9.70. The summed E-state index contributed by atoms with van der Waals surface area (Å²) in [7, 11) is 0. The monoisotopic (exact) mass is 495 g/mol. The Morgan fingerprint density at radius 2 is 1.73 bits per heavy atom. The summed E-state index contributed by atoms with van der Waals surface area (Å²) in [6, 6.07) is 22.6. The van der Waals surface area contributed by atoms with E-state index in [-0.39, 0.29) is 17.4 Å². The summed E-state index contributed by atoms with van der Waals surface area (Å²) in [4.78, 5) is 24.7. The standard InChI is InChI=1S/C29H29N5O3/c1-5-30-33-19(2)32-28(37)29(3,4)26(20-9-7-6-8-10-20)22-13-16-25-23(17-22)18-31-34(25)24-14-11-21(12-15-24)27(35)36/h5-18,26H,1-4H3,(H,35,36)(H,32,33,37)/b30-5-. The largest absolute Gasteiger partial charge is 0.478 e. The van der Waals surface area contributed by atoms with Gasteiger partial charge in [-0.15, -0.1) is 5.10 Å². The fourth-order valence-corrected chi connectivity index (χ4v) is 4.48. The summed E-state index contributed by atoms with van der Waals surface area (Å²) < 4.78 is 1.77. The van der Waals surface area contributed by atoms with Crippen molar-refractivity contribution in [1.29, 1.82) is 0 Å². The van der Waals surface area contributed by atoms with E-state index in [9.17, 15) is 14.7 Å². The number of amidine groups is 1. The first kappa shape index (κ1) is 25.5. The summed E-state index contributed by atoms with van der Waals surface area (Å²) in [6.45, 7) is 7.32.